The van der Waals surface area contributed by atoms with Crippen LogP contribution in [0.5, 0.6) is 17.2 Å². The van der Waals surface area contributed by atoms with Gasteiger partial charge in [-0.15, -0.1) is 0 Å². The Hall–Kier alpha value is -2.54. The summed E-state index contributed by atoms with van der Waals surface area (Å²) in [6, 6.07) is 8.69. The number of ether oxygens (including phenoxy) is 3. The lowest BCUT2D eigenvalue weighted by molar-refractivity contribution is 0.0656. The average Bonchev–Trinajstić information content (AvgIpc) is 2.90. The second-order valence-electron chi connectivity index (χ2n) is 5.67. The van der Waals surface area contributed by atoms with Gasteiger partial charge in [-0.25, -0.2) is 0 Å². The molecule has 0 spiro atoms. The molecule has 2 amide bonds. The van der Waals surface area contributed by atoms with Crippen molar-refractivity contribution in [1.82, 2.24) is 4.90 Å². The summed E-state index contributed by atoms with van der Waals surface area (Å²) in [5.41, 5.74) is 1.68. The molecule has 0 N–H and O–H groups in total. The van der Waals surface area contributed by atoms with Crippen molar-refractivity contribution in [2.75, 3.05) is 27.9 Å². The van der Waals surface area contributed by atoms with Crippen molar-refractivity contribution in [2.45, 2.75) is 6.42 Å². The summed E-state index contributed by atoms with van der Waals surface area (Å²) in [5, 5.41) is 0. The number of benzene rings is 2. The molecule has 2 aromatic carbocycles. The topological polar surface area (TPSA) is 65.1 Å². The van der Waals surface area contributed by atoms with Crippen LogP contribution >= 0.6 is 15.9 Å². The second kappa shape index (κ2) is 7.37. The maximum atomic E-state index is 12.5. The Morgan fingerprint density at radius 3 is 1.92 bits per heavy atom. The van der Waals surface area contributed by atoms with E-state index in [1.807, 2.05) is 6.07 Å². The minimum absolute atomic E-state index is 0.241. The molecule has 0 unspecified atom stereocenters. The van der Waals surface area contributed by atoms with Crippen molar-refractivity contribution in [3.8, 4) is 17.2 Å². The molecule has 7 heteroatoms. The van der Waals surface area contributed by atoms with Gasteiger partial charge in [-0.1, -0.05) is 12.1 Å². The highest BCUT2D eigenvalue weighted by molar-refractivity contribution is 9.10. The molecule has 1 heterocycles. The first kappa shape index (κ1) is 18.3. The fourth-order valence-corrected chi connectivity index (χ4v) is 3.72. The minimum atomic E-state index is -0.274. The van der Waals surface area contributed by atoms with Crippen molar-refractivity contribution >= 4 is 27.7 Å². The molecule has 0 bridgehead atoms. The molecule has 0 aromatic heterocycles. The van der Waals surface area contributed by atoms with Crippen LogP contribution < -0.4 is 14.2 Å². The monoisotopic (exact) mass is 419 g/mol. The number of fused-ring (bicyclic) bond motifs is 1. The van der Waals surface area contributed by atoms with Gasteiger partial charge in [-0.05, 0) is 40.5 Å². The summed E-state index contributed by atoms with van der Waals surface area (Å²) in [6.07, 6.45) is 0.424. The molecule has 0 atom stereocenters. The minimum Gasteiger partial charge on any atom is -0.492 e. The lowest BCUT2D eigenvalue weighted by Gasteiger charge is -2.19. The fourth-order valence-electron chi connectivity index (χ4n) is 3.10. The van der Waals surface area contributed by atoms with Gasteiger partial charge in [0.2, 0.25) is 5.75 Å². The Morgan fingerprint density at radius 1 is 0.885 bits per heavy atom. The van der Waals surface area contributed by atoms with Crippen molar-refractivity contribution in [1.29, 1.82) is 0 Å². The standard InChI is InChI=1S/C19H18BrNO5/c1-24-15-11(10-14(20)16(25-2)17(15)26-3)8-9-21-18(22)12-6-4-5-7-13(12)19(21)23/h4-7,10H,8-9H2,1-3H3. The number of hydrogen-bond acceptors (Lipinski definition) is 5. The van der Waals surface area contributed by atoms with Gasteiger partial charge in [0.15, 0.2) is 11.5 Å². The molecule has 0 saturated carbocycles. The van der Waals surface area contributed by atoms with E-state index >= 15 is 0 Å². The highest BCUT2D eigenvalue weighted by Crippen LogP contribution is 2.45. The van der Waals surface area contributed by atoms with Gasteiger partial charge in [-0.3, -0.25) is 14.5 Å². The Balaban J connectivity index is 1.88. The zero-order chi connectivity index (χ0) is 18.8. The smallest absolute Gasteiger partial charge is 0.261 e. The van der Waals surface area contributed by atoms with E-state index in [2.05, 4.69) is 15.9 Å². The molecule has 2 aromatic rings. The summed E-state index contributed by atoms with van der Waals surface area (Å²) in [4.78, 5) is 26.2. The molecule has 6 nitrogen and oxygen atoms in total. The third kappa shape index (κ3) is 2.92. The van der Waals surface area contributed by atoms with E-state index in [9.17, 15) is 9.59 Å². The number of hydrogen-bond donors (Lipinski definition) is 0. The van der Waals surface area contributed by atoms with E-state index in [1.54, 1.807) is 31.4 Å². The maximum absolute atomic E-state index is 12.5. The third-order valence-corrected chi connectivity index (χ3v) is 4.91. The average molecular weight is 420 g/mol. The largest absolute Gasteiger partial charge is 0.492 e. The fraction of sp³-hybridized carbons (Fsp3) is 0.263. The van der Waals surface area contributed by atoms with Gasteiger partial charge >= 0.3 is 0 Å². The number of halogens is 1. The van der Waals surface area contributed by atoms with Crippen LogP contribution in [0.25, 0.3) is 0 Å². The van der Waals surface area contributed by atoms with Gasteiger partial charge in [-0.2, -0.15) is 0 Å². The Bertz CT molecular complexity index is 845. The van der Waals surface area contributed by atoms with Gasteiger partial charge in [0.25, 0.3) is 11.8 Å². The summed E-state index contributed by atoms with van der Waals surface area (Å²) < 4.78 is 17.0. The Labute approximate surface area is 159 Å². The third-order valence-electron chi connectivity index (χ3n) is 4.32. The molecular formula is C19H18BrNO5. The van der Waals surface area contributed by atoms with Gasteiger partial charge < -0.3 is 14.2 Å². The highest BCUT2D eigenvalue weighted by atomic mass is 79.9. The molecule has 0 radical (unpaired) electrons. The van der Waals surface area contributed by atoms with Crippen LogP contribution in [-0.2, 0) is 6.42 Å². The van der Waals surface area contributed by atoms with E-state index in [-0.39, 0.29) is 18.4 Å². The highest BCUT2D eigenvalue weighted by Gasteiger charge is 2.35. The summed E-state index contributed by atoms with van der Waals surface area (Å²) >= 11 is 3.45. The zero-order valence-corrected chi connectivity index (χ0v) is 16.3. The Morgan fingerprint density at radius 2 is 1.42 bits per heavy atom. The first-order chi connectivity index (χ1) is 12.5. The van der Waals surface area contributed by atoms with E-state index in [0.29, 0.717) is 39.3 Å². The van der Waals surface area contributed by atoms with Crippen LogP contribution in [0.15, 0.2) is 34.8 Å². The SMILES string of the molecule is COc1c(Br)cc(CCN2C(=O)c3ccccc3C2=O)c(OC)c1OC. The molecule has 1 aliphatic heterocycles. The van der Waals surface area contributed by atoms with E-state index < -0.39 is 0 Å². The predicted octanol–water partition coefficient (Wildman–Crippen LogP) is 3.31. The lowest BCUT2D eigenvalue weighted by atomic mass is 10.1. The van der Waals surface area contributed by atoms with Gasteiger partial charge in [0.05, 0.1) is 36.9 Å². The molecule has 0 saturated heterocycles. The first-order valence-corrected chi connectivity index (χ1v) is 8.75. The number of imide groups is 1. The second-order valence-corrected chi connectivity index (χ2v) is 6.53. The van der Waals surface area contributed by atoms with Crippen LogP contribution in [0.3, 0.4) is 0 Å². The van der Waals surface area contributed by atoms with Gasteiger partial charge in [0.1, 0.15) is 0 Å². The van der Waals surface area contributed by atoms with Crippen LogP contribution in [0.4, 0.5) is 0 Å². The zero-order valence-electron chi connectivity index (χ0n) is 14.7. The first-order valence-electron chi connectivity index (χ1n) is 7.96. The van der Waals surface area contributed by atoms with Crippen LogP contribution in [0.2, 0.25) is 0 Å². The number of rotatable bonds is 6. The van der Waals surface area contributed by atoms with Gasteiger partial charge in [0, 0.05) is 12.1 Å². The lowest BCUT2D eigenvalue weighted by Crippen LogP contribution is -2.31. The molecule has 26 heavy (non-hydrogen) atoms. The predicted molar refractivity (Wildman–Crippen MR) is 99.3 cm³/mol. The van der Waals surface area contributed by atoms with E-state index in [0.717, 1.165) is 5.56 Å². The molecule has 1 aliphatic rings. The van der Waals surface area contributed by atoms with Crippen LogP contribution in [0.1, 0.15) is 26.3 Å². The number of carbonyl (C=O) groups is 2. The summed E-state index contributed by atoms with van der Waals surface area (Å²) in [6.45, 7) is 0.241. The molecule has 0 fully saturated rings. The van der Waals surface area contributed by atoms with Crippen LogP contribution in [-0.4, -0.2) is 44.6 Å². The van der Waals surface area contributed by atoms with Crippen LogP contribution in [0, 0.1) is 0 Å². The van der Waals surface area contributed by atoms with E-state index in [1.165, 1.54) is 19.1 Å². The maximum Gasteiger partial charge on any atom is 0.261 e. The molecule has 136 valence electrons. The molecular weight excluding hydrogens is 402 g/mol. The molecule has 3 rings (SSSR count). The quantitative estimate of drug-likeness (QED) is 0.671. The normalized spacial score (nSPS) is 13.0. The number of amides is 2. The van der Waals surface area contributed by atoms with E-state index in [4.69, 9.17) is 14.2 Å². The van der Waals surface area contributed by atoms with Crippen molar-refractivity contribution in [3.05, 3.63) is 51.5 Å². The summed E-state index contributed by atoms with van der Waals surface area (Å²) in [7, 11) is 4.61. The number of nitrogens with zero attached hydrogens (tertiary/aromatic N) is 1. The summed E-state index contributed by atoms with van der Waals surface area (Å²) in [5.74, 6) is 0.952. The number of methoxy groups -OCH3 is 3. The molecule has 0 aliphatic carbocycles. The van der Waals surface area contributed by atoms with Crippen molar-refractivity contribution in [3.63, 3.8) is 0 Å². The van der Waals surface area contributed by atoms with Crippen molar-refractivity contribution in [2.24, 2.45) is 0 Å². The number of carbonyl (C=O) groups excluding carboxylic acids is 2. The Kier molecular flexibility index (Phi) is 5.18. The van der Waals surface area contributed by atoms with Crippen molar-refractivity contribution < 1.29 is 23.8 Å².